The van der Waals surface area contributed by atoms with E-state index < -0.39 is 0 Å². The molecule has 0 radical (unpaired) electrons. The lowest BCUT2D eigenvalue weighted by Crippen LogP contribution is -2.25. The maximum Gasteiger partial charge on any atom is 0.165 e. The lowest BCUT2D eigenvalue weighted by atomic mass is 10.2. The summed E-state index contributed by atoms with van der Waals surface area (Å²) < 4.78 is 7.59. The van der Waals surface area contributed by atoms with Gasteiger partial charge >= 0.3 is 0 Å². The minimum absolute atomic E-state index is 0.451. The number of rotatable bonds is 7. The van der Waals surface area contributed by atoms with E-state index in [9.17, 15) is 0 Å². The van der Waals surface area contributed by atoms with Crippen LogP contribution in [0.2, 0.25) is 0 Å². The number of furan rings is 1. The van der Waals surface area contributed by atoms with Gasteiger partial charge in [-0.1, -0.05) is 43.2 Å². The van der Waals surface area contributed by atoms with Gasteiger partial charge in [-0.2, -0.15) is 0 Å². The highest BCUT2D eigenvalue weighted by molar-refractivity contribution is 5.14. The van der Waals surface area contributed by atoms with Gasteiger partial charge in [-0.25, -0.2) is 4.68 Å². The van der Waals surface area contributed by atoms with E-state index in [1.165, 1.54) is 31.2 Å². The molecule has 0 unspecified atom stereocenters. The molecule has 0 spiro atoms. The summed E-state index contributed by atoms with van der Waals surface area (Å²) in [6.07, 6.45) is 6.61. The van der Waals surface area contributed by atoms with Crippen LogP contribution in [0.25, 0.3) is 0 Å². The summed E-state index contributed by atoms with van der Waals surface area (Å²) in [5.41, 5.74) is 1.27. The molecule has 1 aromatic carbocycles. The van der Waals surface area contributed by atoms with Crippen LogP contribution in [0.3, 0.4) is 0 Å². The summed E-state index contributed by atoms with van der Waals surface area (Å²) in [6.45, 7) is 2.28. The third-order valence-corrected chi connectivity index (χ3v) is 4.81. The Hall–Kier alpha value is -2.47. The molecule has 0 bridgehead atoms. The summed E-state index contributed by atoms with van der Waals surface area (Å²) in [5, 5.41) is 12.5. The van der Waals surface area contributed by atoms with Crippen LogP contribution < -0.4 is 0 Å². The van der Waals surface area contributed by atoms with Crippen molar-refractivity contribution in [1.82, 2.24) is 25.1 Å². The molecule has 2 heterocycles. The zero-order valence-corrected chi connectivity index (χ0v) is 14.3. The molecule has 25 heavy (non-hydrogen) atoms. The Morgan fingerprint density at radius 2 is 1.84 bits per heavy atom. The lowest BCUT2D eigenvalue weighted by Gasteiger charge is -2.22. The molecule has 2 aromatic heterocycles. The zero-order chi connectivity index (χ0) is 16.9. The van der Waals surface area contributed by atoms with Crippen LogP contribution in [0.4, 0.5) is 0 Å². The molecule has 130 valence electrons. The predicted octanol–water partition coefficient (Wildman–Crippen LogP) is 3.58. The maximum atomic E-state index is 5.55. The summed E-state index contributed by atoms with van der Waals surface area (Å²) in [7, 11) is 0. The number of hydrogen-bond acceptors (Lipinski definition) is 5. The zero-order valence-electron chi connectivity index (χ0n) is 14.3. The summed E-state index contributed by atoms with van der Waals surface area (Å²) in [6, 6.07) is 14.9. The molecule has 4 rings (SSSR count). The van der Waals surface area contributed by atoms with Gasteiger partial charge in [0.2, 0.25) is 0 Å². The molecule has 0 aliphatic heterocycles. The Morgan fingerprint density at radius 1 is 1.00 bits per heavy atom. The molecule has 6 heteroatoms. The van der Waals surface area contributed by atoms with Crippen molar-refractivity contribution in [1.29, 1.82) is 0 Å². The monoisotopic (exact) mass is 337 g/mol. The molecule has 1 fully saturated rings. The van der Waals surface area contributed by atoms with Crippen molar-refractivity contribution >= 4 is 0 Å². The molecule has 6 nitrogen and oxygen atoms in total. The average Bonchev–Trinajstić information content (AvgIpc) is 3.38. The van der Waals surface area contributed by atoms with Gasteiger partial charge < -0.3 is 4.42 Å². The van der Waals surface area contributed by atoms with Crippen molar-refractivity contribution < 1.29 is 4.42 Å². The fourth-order valence-electron chi connectivity index (χ4n) is 3.58. The van der Waals surface area contributed by atoms with Gasteiger partial charge in [0, 0.05) is 6.54 Å². The third-order valence-electron chi connectivity index (χ3n) is 4.81. The maximum absolute atomic E-state index is 5.55. The van der Waals surface area contributed by atoms with Gasteiger partial charge in [0.15, 0.2) is 5.82 Å². The number of benzene rings is 1. The first-order valence-electron chi connectivity index (χ1n) is 8.94. The van der Waals surface area contributed by atoms with Crippen molar-refractivity contribution in [2.24, 2.45) is 0 Å². The highest BCUT2D eigenvalue weighted by atomic mass is 16.3. The first-order chi connectivity index (χ1) is 12.4. The van der Waals surface area contributed by atoms with E-state index in [1.807, 2.05) is 22.9 Å². The highest BCUT2D eigenvalue weighted by Crippen LogP contribution is 2.29. The lowest BCUT2D eigenvalue weighted by molar-refractivity contribution is 0.214. The molecule has 0 amide bonds. The van der Waals surface area contributed by atoms with Crippen molar-refractivity contribution in [2.75, 3.05) is 0 Å². The van der Waals surface area contributed by atoms with Crippen molar-refractivity contribution in [3.8, 4) is 0 Å². The summed E-state index contributed by atoms with van der Waals surface area (Å²) in [4.78, 5) is 2.32. The molecule has 3 aromatic rings. The number of tetrazole rings is 1. The first-order valence-corrected chi connectivity index (χ1v) is 8.94. The fraction of sp³-hybridized carbons (Fsp3) is 0.421. The normalized spacial score (nSPS) is 15.2. The minimum atomic E-state index is 0.451. The molecule has 1 aliphatic rings. The third kappa shape index (κ3) is 3.96. The van der Waals surface area contributed by atoms with Crippen LogP contribution >= 0.6 is 0 Å². The molecule has 0 atom stereocenters. The van der Waals surface area contributed by atoms with Gasteiger partial charge in [0.1, 0.15) is 5.76 Å². The quantitative estimate of drug-likeness (QED) is 0.659. The van der Waals surface area contributed by atoms with Crippen molar-refractivity contribution in [3.63, 3.8) is 0 Å². The Labute approximate surface area is 147 Å². The highest BCUT2D eigenvalue weighted by Gasteiger charge is 2.23. The largest absolute Gasteiger partial charge is 0.468 e. The van der Waals surface area contributed by atoms with E-state index in [1.54, 1.807) is 6.26 Å². The van der Waals surface area contributed by atoms with Crippen molar-refractivity contribution in [3.05, 3.63) is 65.9 Å². The Balaban J connectivity index is 1.52. The van der Waals surface area contributed by atoms with Gasteiger partial charge in [-0.05, 0) is 41.0 Å². The van der Waals surface area contributed by atoms with Gasteiger partial charge in [0.25, 0.3) is 0 Å². The van der Waals surface area contributed by atoms with Gasteiger partial charge in [-0.15, -0.1) is 5.10 Å². The molecule has 0 saturated heterocycles. The Kier molecular flexibility index (Phi) is 4.88. The van der Waals surface area contributed by atoms with Crippen LogP contribution in [-0.4, -0.2) is 25.1 Å². The van der Waals surface area contributed by atoms with Crippen LogP contribution in [0.1, 0.15) is 48.9 Å². The molecule has 1 aliphatic carbocycles. The topological polar surface area (TPSA) is 60.0 Å². The number of aromatic nitrogens is 4. The van der Waals surface area contributed by atoms with E-state index in [0.717, 1.165) is 24.7 Å². The second-order valence-corrected chi connectivity index (χ2v) is 6.69. The molecule has 0 N–H and O–H groups in total. The second kappa shape index (κ2) is 7.61. The standard InChI is InChI=1S/C19H23N5O/c1-2-7-16(8-3-1)13-23(14-18-11-6-12-25-18)15-19-20-21-22-24(19)17-9-4-5-10-17/h1-3,6-8,11-12,17H,4-5,9-10,13-15H2. The molecular weight excluding hydrogens is 314 g/mol. The smallest absolute Gasteiger partial charge is 0.165 e. The van der Waals surface area contributed by atoms with Gasteiger partial charge in [0.05, 0.1) is 25.4 Å². The van der Waals surface area contributed by atoms with Gasteiger partial charge in [-0.3, -0.25) is 4.90 Å². The van der Waals surface area contributed by atoms with Crippen molar-refractivity contribution in [2.45, 2.75) is 51.4 Å². The van der Waals surface area contributed by atoms with E-state index in [4.69, 9.17) is 4.42 Å². The van der Waals surface area contributed by atoms with E-state index in [-0.39, 0.29) is 0 Å². The second-order valence-electron chi connectivity index (χ2n) is 6.69. The first kappa shape index (κ1) is 16.0. The van der Waals surface area contributed by atoms with E-state index in [0.29, 0.717) is 12.6 Å². The molecular formula is C19H23N5O. The van der Waals surface area contributed by atoms with Crippen LogP contribution in [0.15, 0.2) is 53.1 Å². The molecule has 1 saturated carbocycles. The number of hydrogen-bond donors (Lipinski definition) is 0. The summed E-state index contributed by atoms with van der Waals surface area (Å²) in [5.74, 6) is 1.89. The predicted molar refractivity (Wildman–Crippen MR) is 93.4 cm³/mol. The summed E-state index contributed by atoms with van der Waals surface area (Å²) >= 11 is 0. The fourth-order valence-corrected chi connectivity index (χ4v) is 3.58. The number of nitrogens with zero attached hydrogens (tertiary/aromatic N) is 5. The van der Waals surface area contributed by atoms with Crippen LogP contribution in [0, 0.1) is 0 Å². The minimum Gasteiger partial charge on any atom is -0.468 e. The van der Waals surface area contributed by atoms with E-state index >= 15 is 0 Å². The van der Waals surface area contributed by atoms with E-state index in [2.05, 4.69) is 44.7 Å². The SMILES string of the molecule is c1ccc(CN(Cc2ccco2)Cc2nnnn2C2CCCC2)cc1. The Morgan fingerprint density at radius 3 is 2.60 bits per heavy atom. The Bertz CT molecular complexity index is 762. The average molecular weight is 337 g/mol. The van der Waals surface area contributed by atoms with Crippen LogP contribution in [0.5, 0.6) is 0 Å². The van der Waals surface area contributed by atoms with Crippen LogP contribution in [-0.2, 0) is 19.6 Å².